The van der Waals surface area contributed by atoms with Gasteiger partial charge in [-0.2, -0.15) is 0 Å². The molecule has 3 nitrogen and oxygen atoms in total. The first-order valence-electron chi connectivity index (χ1n) is 5.20. The van der Waals surface area contributed by atoms with E-state index in [1.165, 1.54) is 30.3 Å². The van der Waals surface area contributed by atoms with Crippen molar-refractivity contribution in [2.75, 3.05) is 0 Å². The Balaban J connectivity index is 2.40. The topological polar surface area (TPSA) is 52.3 Å². The molecule has 0 heterocycles. The van der Waals surface area contributed by atoms with Crippen molar-refractivity contribution in [1.82, 2.24) is 0 Å². The summed E-state index contributed by atoms with van der Waals surface area (Å²) in [6.45, 7) is 0. The van der Waals surface area contributed by atoms with Crippen LogP contribution in [0.25, 0.3) is 0 Å². The van der Waals surface area contributed by atoms with Crippen LogP contribution in [0.2, 0.25) is 0 Å². The van der Waals surface area contributed by atoms with Crippen LogP contribution in [0.3, 0.4) is 0 Å². The van der Waals surface area contributed by atoms with Crippen molar-refractivity contribution in [2.45, 2.75) is 0 Å². The van der Waals surface area contributed by atoms with Crippen molar-refractivity contribution < 1.29 is 18.3 Å². The molecule has 0 saturated heterocycles. The van der Waals surface area contributed by atoms with Crippen LogP contribution in [0.15, 0.2) is 40.9 Å². The fraction of sp³-hybridized carbons (Fsp3) is 0. The molecule has 2 rings (SSSR count). The summed E-state index contributed by atoms with van der Waals surface area (Å²) in [6, 6.07) is 7.80. The van der Waals surface area contributed by atoms with E-state index < -0.39 is 17.5 Å². The number of rotatable bonds is 3. The van der Waals surface area contributed by atoms with Crippen molar-refractivity contribution >= 4 is 21.8 Å². The Morgan fingerprint density at radius 3 is 2.53 bits per heavy atom. The summed E-state index contributed by atoms with van der Waals surface area (Å²) in [5, 5.41) is 0. The predicted molar refractivity (Wildman–Crippen MR) is 69.1 cm³/mol. The van der Waals surface area contributed by atoms with Gasteiger partial charge in [-0.25, -0.2) is 8.78 Å². The second kappa shape index (κ2) is 5.36. The molecule has 2 N–H and O–H groups in total. The van der Waals surface area contributed by atoms with Crippen molar-refractivity contribution in [3.63, 3.8) is 0 Å². The maximum absolute atomic E-state index is 13.5. The van der Waals surface area contributed by atoms with Crippen molar-refractivity contribution in [1.29, 1.82) is 0 Å². The van der Waals surface area contributed by atoms with E-state index in [9.17, 15) is 13.6 Å². The van der Waals surface area contributed by atoms with Gasteiger partial charge in [0.05, 0.1) is 4.47 Å². The molecule has 0 bridgehead atoms. The molecule has 19 heavy (non-hydrogen) atoms. The number of ether oxygens (including phenoxy) is 1. The second-order valence-electron chi connectivity index (χ2n) is 3.66. The van der Waals surface area contributed by atoms with Crippen molar-refractivity contribution in [2.24, 2.45) is 5.73 Å². The van der Waals surface area contributed by atoms with Crippen LogP contribution in [-0.2, 0) is 0 Å². The van der Waals surface area contributed by atoms with E-state index in [1.54, 1.807) is 0 Å². The van der Waals surface area contributed by atoms with Crippen LogP contribution in [-0.4, -0.2) is 5.91 Å². The van der Waals surface area contributed by atoms with Crippen LogP contribution in [0.5, 0.6) is 11.5 Å². The minimum Gasteiger partial charge on any atom is -0.456 e. The molecule has 98 valence electrons. The highest BCUT2D eigenvalue weighted by Gasteiger charge is 2.16. The molecule has 0 atom stereocenters. The molecule has 0 radical (unpaired) electrons. The molecule has 0 spiro atoms. The van der Waals surface area contributed by atoms with Gasteiger partial charge in [0.15, 0.2) is 0 Å². The highest BCUT2D eigenvalue weighted by atomic mass is 79.9. The molecule has 0 aliphatic heterocycles. The number of nitrogens with two attached hydrogens (primary N) is 1. The van der Waals surface area contributed by atoms with Gasteiger partial charge in [-0.1, -0.05) is 6.07 Å². The van der Waals surface area contributed by atoms with Gasteiger partial charge in [-0.3, -0.25) is 4.79 Å². The summed E-state index contributed by atoms with van der Waals surface area (Å²) < 4.78 is 32.1. The molecule has 0 unspecified atom stereocenters. The Labute approximate surface area is 116 Å². The number of carbonyl (C=O) groups is 1. The van der Waals surface area contributed by atoms with E-state index in [1.807, 2.05) is 0 Å². The van der Waals surface area contributed by atoms with Crippen LogP contribution in [0.4, 0.5) is 8.78 Å². The Hall–Kier alpha value is -1.95. The molecule has 2 aromatic carbocycles. The minimum atomic E-state index is -0.936. The largest absolute Gasteiger partial charge is 0.456 e. The van der Waals surface area contributed by atoms with Gasteiger partial charge in [-0.05, 0) is 46.3 Å². The zero-order valence-electron chi connectivity index (χ0n) is 9.49. The van der Waals surface area contributed by atoms with Gasteiger partial charge < -0.3 is 10.5 Å². The number of amides is 1. The summed E-state index contributed by atoms with van der Waals surface area (Å²) in [5.41, 5.74) is 4.75. The number of primary amides is 1. The van der Waals surface area contributed by atoms with E-state index in [0.717, 1.165) is 6.07 Å². The number of hydrogen-bond donors (Lipinski definition) is 1. The SMILES string of the molecule is NC(=O)c1c(F)cccc1Oc1ccc(F)c(Br)c1. The standard InChI is InChI=1S/C13H8BrF2NO2/c14-8-6-7(4-5-9(8)15)19-11-3-1-2-10(16)12(11)13(17)18/h1-6H,(H2,17,18). The first-order valence-corrected chi connectivity index (χ1v) is 5.99. The predicted octanol–water partition coefficient (Wildman–Crippen LogP) is 3.62. The first kappa shape index (κ1) is 13.5. The molecule has 6 heteroatoms. The Morgan fingerprint density at radius 1 is 1.16 bits per heavy atom. The lowest BCUT2D eigenvalue weighted by atomic mass is 10.2. The number of hydrogen-bond acceptors (Lipinski definition) is 2. The van der Waals surface area contributed by atoms with E-state index in [-0.39, 0.29) is 21.5 Å². The molecule has 1 amide bonds. The highest BCUT2D eigenvalue weighted by Crippen LogP contribution is 2.29. The monoisotopic (exact) mass is 327 g/mol. The lowest BCUT2D eigenvalue weighted by Gasteiger charge is -2.10. The van der Waals surface area contributed by atoms with Crippen LogP contribution >= 0.6 is 15.9 Å². The molecular weight excluding hydrogens is 320 g/mol. The molecule has 0 aliphatic rings. The normalized spacial score (nSPS) is 10.3. The van der Waals surface area contributed by atoms with E-state index in [2.05, 4.69) is 15.9 Å². The molecule has 0 aromatic heterocycles. The average molecular weight is 328 g/mol. The maximum Gasteiger partial charge on any atom is 0.255 e. The third-order valence-corrected chi connectivity index (χ3v) is 2.95. The minimum absolute atomic E-state index is 0.0222. The van der Waals surface area contributed by atoms with Crippen LogP contribution in [0, 0.1) is 11.6 Å². The van der Waals surface area contributed by atoms with Crippen LogP contribution < -0.4 is 10.5 Å². The molecule has 0 saturated carbocycles. The smallest absolute Gasteiger partial charge is 0.255 e. The van der Waals surface area contributed by atoms with Gasteiger partial charge in [0.2, 0.25) is 0 Å². The van der Waals surface area contributed by atoms with E-state index >= 15 is 0 Å². The maximum atomic E-state index is 13.5. The summed E-state index contributed by atoms with van der Waals surface area (Å²) in [5.74, 6) is -1.94. The lowest BCUT2D eigenvalue weighted by molar-refractivity contribution is 0.0994. The highest BCUT2D eigenvalue weighted by molar-refractivity contribution is 9.10. The first-order chi connectivity index (χ1) is 8.99. The summed E-state index contributed by atoms with van der Waals surface area (Å²) in [7, 11) is 0. The third-order valence-electron chi connectivity index (χ3n) is 2.34. The Kier molecular flexibility index (Phi) is 3.80. The van der Waals surface area contributed by atoms with Gasteiger partial charge in [0, 0.05) is 0 Å². The van der Waals surface area contributed by atoms with Gasteiger partial charge in [0.25, 0.3) is 5.91 Å². The molecule has 0 fully saturated rings. The summed E-state index contributed by atoms with van der Waals surface area (Å²) in [4.78, 5) is 11.2. The zero-order valence-corrected chi connectivity index (χ0v) is 11.1. The second-order valence-corrected chi connectivity index (χ2v) is 4.51. The zero-order chi connectivity index (χ0) is 14.0. The summed E-state index contributed by atoms with van der Waals surface area (Å²) in [6.07, 6.45) is 0. The van der Waals surface area contributed by atoms with Gasteiger partial charge in [0.1, 0.15) is 28.7 Å². The van der Waals surface area contributed by atoms with Crippen molar-refractivity contribution in [3.05, 3.63) is 58.1 Å². The van der Waals surface area contributed by atoms with Crippen LogP contribution in [0.1, 0.15) is 10.4 Å². The van der Waals surface area contributed by atoms with Gasteiger partial charge >= 0.3 is 0 Å². The van der Waals surface area contributed by atoms with E-state index in [0.29, 0.717) is 0 Å². The van der Waals surface area contributed by atoms with Crippen molar-refractivity contribution in [3.8, 4) is 11.5 Å². The Morgan fingerprint density at radius 2 is 1.89 bits per heavy atom. The number of halogens is 3. The fourth-order valence-electron chi connectivity index (χ4n) is 1.50. The Bertz CT molecular complexity index is 647. The molecule has 0 aliphatic carbocycles. The average Bonchev–Trinajstić information content (AvgIpc) is 2.33. The lowest BCUT2D eigenvalue weighted by Crippen LogP contribution is -2.14. The van der Waals surface area contributed by atoms with E-state index in [4.69, 9.17) is 10.5 Å². The summed E-state index contributed by atoms with van der Waals surface area (Å²) >= 11 is 3.00. The quantitative estimate of drug-likeness (QED) is 0.936. The number of carbonyl (C=O) groups excluding carboxylic acids is 1. The third kappa shape index (κ3) is 2.90. The fourth-order valence-corrected chi connectivity index (χ4v) is 1.85. The molecular formula is C13H8BrF2NO2. The molecule has 2 aromatic rings. The number of benzene rings is 2. The van der Waals surface area contributed by atoms with Gasteiger partial charge in [-0.15, -0.1) is 0 Å².